The van der Waals surface area contributed by atoms with Crippen LogP contribution in [0.4, 0.5) is 0 Å². The lowest BCUT2D eigenvalue weighted by atomic mass is 10.1. The molecular formula is C18H15ClN4. The molecule has 4 aromatic rings. The molecule has 0 aliphatic heterocycles. The van der Waals surface area contributed by atoms with Crippen LogP contribution in [0.25, 0.3) is 22.4 Å². The van der Waals surface area contributed by atoms with Gasteiger partial charge in [0.25, 0.3) is 0 Å². The average Bonchev–Trinajstić information content (AvgIpc) is 3.15. The molecule has 0 aliphatic rings. The molecule has 4 rings (SSSR count). The minimum Gasteiger partial charge on any atom is -0.338 e. The van der Waals surface area contributed by atoms with Crippen LogP contribution in [0, 0.1) is 6.92 Å². The van der Waals surface area contributed by atoms with Crippen LogP contribution in [0.2, 0.25) is 5.02 Å². The number of aromatic amines is 1. The number of nitrogens with one attached hydrogen (secondary N) is 1. The van der Waals surface area contributed by atoms with Crippen molar-refractivity contribution in [1.29, 1.82) is 0 Å². The molecule has 1 N–H and O–H groups in total. The Kier molecular flexibility index (Phi) is 3.39. The highest BCUT2D eigenvalue weighted by atomic mass is 35.5. The summed E-state index contributed by atoms with van der Waals surface area (Å²) in [6, 6.07) is 14.0. The first-order chi connectivity index (χ1) is 11.2. The summed E-state index contributed by atoms with van der Waals surface area (Å²) in [5.74, 6) is 1.81. The Morgan fingerprint density at radius 2 is 2.04 bits per heavy atom. The summed E-state index contributed by atoms with van der Waals surface area (Å²) in [6.07, 6.45) is 3.75. The number of benzene rings is 2. The molecule has 0 atom stereocenters. The number of H-pyrrole nitrogens is 1. The van der Waals surface area contributed by atoms with Gasteiger partial charge in [-0.1, -0.05) is 35.9 Å². The second-order valence-corrected chi connectivity index (χ2v) is 5.92. The molecule has 5 heteroatoms. The molecule has 23 heavy (non-hydrogen) atoms. The van der Waals surface area contributed by atoms with E-state index in [1.54, 1.807) is 6.20 Å². The van der Waals surface area contributed by atoms with E-state index in [0.29, 0.717) is 6.54 Å². The molecule has 0 amide bonds. The van der Waals surface area contributed by atoms with Gasteiger partial charge in [0.2, 0.25) is 0 Å². The summed E-state index contributed by atoms with van der Waals surface area (Å²) >= 11 is 6.47. The topological polar surface area (TPSA) is 46.5 Å². The third-order valence-electron chi connectivity index (χ3n) is 3.98. The molecule has 0 aliphatic carbocycles. The van der Waals surface area contributed by atoms with E-state index in [2.05, 4.69) is 19.5 Å². The first-order valence-corrected chi connectivity index (χ1v) is 7.80. The molecular weight excluding hydrogens is 308 g/mol. The number of halogens is 1. The molecule has 2 aromatic carbocycles. The fourth-order valence-corrected chi connectivity index (χ4v) is 2.91. The molecule has 0 bridgehead atoms. The number of hydrogen-bond donors (Lipinski definition) is 1. The van der Waals surface area contributed by atoms with Gasteiger partial charge in [0.1, 0.15) is 11.6 Å². The monoisotopic (exact) mass is 322 g/mol. The zero-order valence-corrected chi connectivity index (χ0v) is 13.4. The van der Waals surface area contributed by atoms with Crippen molar-refractivity contribution >= 4 is 22.6 Å². The van der Waals surface area contributed by atoms with Gasteiger partial charge in [-0.3, -0.25) is 0 Å². The SMILES string of the molecule is Cc1nccn1Cc1ccc(-c2nc3ccccc3[nH]2)cc1Cl. The Hall–Kier alpha value is -2.59. The summed E-state index contributed by atoms with van der Waals surface area (Å²) in [5.41, 5.74) is 4.03. The van der Waals surface area contributed by atoms with Gasteiger partial charge in [-0.05, 0) is 30.7 Å². The number of nitrogens with zero attached hydrogens (tertiary/aromatic N) is 3. The fourth-order valence-electron chi connectivity index (χ4n) is 2.67. The Morgan fingerprint density at radius 3 is 2.78 bits per heavy atom. The first-order valence-electron chi connectivity index (χ1n) is 7.42. The zero-order chi connectivity index (χ0) is 15.8. The number of hydrogen-bond acceptors (Lipinski definition) is 2. The number of imidazole rings is 2. The van der Waals surface area contributed by atoms with Crippen LogP contribution in [0.1, 0.15) is 11.4 Å². The van der Waals surface area contributed by atoms with Gasteiger partial charge < -0.3 is 9.55 Å². The minimum absolute atomic E-state index is 0.713. The van der Waals surface area contributed by atoms with E-state index in [1.165, 1.54) is 0 Å². The number of aromatic nitrogens is 4. The second kappa shape index (κ2) is 5.56. The predicted octanol–water partition coefficient (Wildman–Crippen LogP) is 4.44. The van der Waals surface area contributed by atoms with E-state index in [9.17, 15) is 0 Å². The standard InChI is InChI=1S/C18H15ClN4/c1-12-20-8-9-23(12)11-14-7-6-13(10-15(14)19)18-21-16-4-2-3-5-17(16)22-18/h2-10H,11H2,1H3,(H,21,22). The van der Waals surface area contributed by atoms with Crippen LogP contribution < -0.4 is 0 Å². The van der Waals surface area contributed by atoms with Crippen LogP contribution in [-0.2, 0) is 6.54 Å². The normalized spacial score (nSPS) is 11.2. The lowest BCUT2D eigenvalue weighted by Crippen LogP contribution is -2.01. The Balaban J connectivity index is 1.68. The summed E-state index contributed by atoms with van der Waals surface area (Å²) in [4.78, 5) is 12.2. The second-order valence-electron chi connectivity index (χ2n) is 5.51. The molecule has 0 spiro atoms. The van der Waals surface area contributed by atoms with E-state index in [1.807, 2.05) is 55.6 Å². The highest BCUT2D eigenvalue weighted by Gasteiger charge is 2.09. The molecule has 114 valence electrons. The van der Waals surface area contributed by atoms with E-state index in [-0.39, 0.29) is 0 Å². The summed E-state index contributed by atoms with van der Waals surface area (Å²) in [6.45, 7) is 2.70. The van der Waals surface area contributed by atoms with Crippen molar-refractivity contribution in [2.75, 3.05) is 0 Å². The molecule has 0 radical (unpaired) electrons. The molecule has 0 fully saturated rings. The molecule has 0 unspecified atom stereocenters. The smallest absolute Gasteiger partial charge is 0.138 e. The fraction of sp³-hybridized carbons (Fsp3) is 0.111. The van der Waals surface area contributed by atoms with Crippen molar-refractivity contribution in [3.05, 3.63) is 71.3 Å². The van der Waals surface area contributed by atoms with Gasteiger partial charge in [-0.15, -0.1) is 0 Å². The summed E-state index contributed by atoms with van der Waals surface area (Å²) < 4.78 is 2.07. The predicted molar refractivity (Wildman–Crippen MR) is 92.6 cm³/mol. The van der Waals surface area contributed by atoms with Crippen molar-refractivity contribution < 1.29 is 0 Å². The number of fused-ring (bicyclic) bond motifs is 1. The molecule has 0 saturated carbocycles. The number of rotatable bonds is 3. The average molecular weight is 323 g/mol. The maximum absolute atomic E-state index is 6.47. The van der Waals surface area contributed by atoms with Gasteiger partial charge in [0, 0.05) is 23.0 Å². The maximum atomic E-state index is 6.47. The Morgan fingerprint density at radius 1 is 1.17 bits per heavy atom. The summed E-state index contributed by atoms with van der Waals surface area (Å²) in [7, 11) is 0. The van der Waals surface area contributed by atoms with Crippen molar-refractivity contribution in [2.45, 2.75) is 13.5 Å². The van der Waals surface area contributed by atoms with Gasteiger partial charge >= 0.3 is 0 Å². The van der Waals surface area contributed by atoms with Gasteiger partial charge in [-0.2, -0.15) is 0 Å². The van der Waals surface area contributed by atoms with Crippen molar-refractivity contribution in [3.8, 4) is 11.4 Å². The third kappa shape index (κ3) is 2.62. The molecule has 0 saturated heterocycles. The van der Waals surface area contributed by atoms with Crippen molar-refractivity contribution in [3.63, 3.8) is 0 Å². The third-order valence-corrected chi connectivity index (χ3v) is 4.33. The minimum atomic E-state index is 0.713. The van der Waals surface area contributed by atoms with E-state index >= 15 is 0 Å². The number of aryl methyl sites for hydroxylation is 1. The lowest BCUT2D eigenvalue weighted by molar-refractivity contribution is 0.762. The van der Waals surface area contributed by atoms with Crippen LogP contribution >= 0.6 is 11.6 Å². The Bertz CT molecular complexity index is 951. The van der Waals surface area contributed by atoms with Crippen LogP contribution in [-0.4, -0.2) is 19.5 Å². The number of para-hydroxylation sites is 2. The molecule has 2 aromatic heterocycles. The summed E-state index contributed by atoms with van der Waals surface area (Å²) in [5, 5.41) is 0.732. The van der Waals surface area contributed by atoms with E-state index in [0.717, 1.165) is 38.8 Å². The highest BCUT2D eigenvalue weighted by Crippen LogP contribution is 2.26. The molecule has 4 nitrogen and oxygen atoms in total. The van der Waals surface area contributed by atoms with Gasteiger partial charge in [0.05, 0.1) is 17.6 Å². The Labute approximate surface area is 138 Å². The van der Waals surface area contributed by atoms with Crippen LogP contribution in [0.3, 0.4) is 0 Å². The lowest BCUT2D eigenvalue weighted by Gasteiger charge is -2.08. The largest absolute Gasteiger partial charge is 0.338 e. The quantitative estimate of drug-likeness (QED) is 0.606. The van der Waals surface area contributed by atoms with Gasteiger partial charge in [0.15, 0.2) is 0 Å². The van der Waals surface area contributed by atoms with E-state index in [4.69, 9.17) is 11.6 Å². The highest BCUT2D eigenvalue weighted by molar-refractivity contribution is 6.31. The van der Waals surface area contributed by atoms with Crippen LogP contribution in [0.15, 0.2) is 54.9 Å². The van der Waals surface area contributed by atoms with Crippen molar-refractivity contribution in [2.24, 2.45) is 0 Å². The first kappa shape index (κ1) is 14.0. The van der Waals surface area contributed by atoms with E-state index < -0.39 is 0 Å². The zero-order valence-electron chi connectivity index (χ0n) is 12.6. The van der Waals surface area contributed by atoms with Gasteiger partial charge in [-0.25, -0.2) is 9.97 Å². The van der Waals surface area contributed by atoms with Crippen LogP contribution in [0.5, 0.6) is 0 Å². The van der Waals surface area contributed by atoms with Crippen molar-refractivity contribution in [1.82, 2.24) is 19.5 Å². The molecule has 2 heterocycles. The maximum Gasteiger partial charge on any atom is 0.138 e.